The molecule has 33 heavy (non-hydrogen) atoms. The minimum atomic E-state index is -0.961. The van der Waals surface area contributed by atoms with Crippen LogP contribution in [0.1, 0.15) is 48.3 Å². The highest BCUT2D eigenvalue weighted by Crippen LogP contribution is 2.36. The van der Waals surface area contributed by atoms with Crippen LogP contribution >= 0.6 is 0 Å². The van der Waals surface area contributed by atoms with Crippen LogP contribution < -0.4 is 10.4 Å². The van der Waals surface area contributed by atoms with Crippen molar-refractivity contribution in [2.75, 3.05) is 7.11 Å². The van der Waals surface area contributed by atoms with Gasteiger partial charge in [-0.15, -0.1) is 0 Å². The maximum atomic E-state index is 12.8. The summed E-state index contributed by atoms with van der Waals surface area (Å²) in [5, 5.41) is 4.63. The number of ether oxygens (including phenoxy) is 2. The Morgan fingerprint density at radius 2 is 1.88 bits per heavy atom. The van der Waals surface area contributed by atoms with Gasteiger partial charge >= 0.3 is 11.7 Å². The van der Waals surface area contributed by atoms with Gasteiger partial charge in [-0.2, -0.15) is 5.10 Å². The number of carbonyl (C=O) groups excluding carboxylic acids is 1. The molecule has 0 amide bonds. The van der Waals surface area contributed by atoms with Crippen LogP contribution in [0.4, 0.5) is 0 Å². The molecule has 4 rings (SSSR count). The molecule has 1 aliphatic rings. The molecule has 0 saturated carbocycles. The number of carbonyl (C=O) groups is 1. The molecule has 3 aromatic rings. The van der Waals surface area contributed by atoms with Crippen LogP contribution in [0.3, 0.4) is 0 Å². The second kappa shape index (κ2) is 9.25. The van der Waals surface area contributed by atoms with E-state index in [1.165, 1.54) is 18.2 Å². The maximum absolute atomic E-state index is 12.8. The second-order valence-corrected chi connectivity index (χ2v) is 8.88. The Hall–Kier alpha value is -3.35. The monoisotopic (exact) mass is 449 g/mol. The number of methoxy groups -OCH3 is 1. The predicted molar refractivity (Wildman–Crippen MR) is 126 cm³/mol. The van der Waals surface area contributed by atoms with Crippen LogP contribution in [0.2, 0.25) is 0 Å². The van der Waals surface area contributed by atoms with E-state index in [9.17, 15) is 9.59 Å². The number of hydrogen-bond donors (Lipinski definition) is 0. The third-order valence-corrected chi connectivity index (χ3v) is 6.24. The zero-order valence-electron chi connectivity index (χ0n) is 19.8. The number of aryl methyl sites for hydroxylation is 3. The summed E-state index contributed by atoms with van der Waals surface area (Å²) in [5.74, 6) is 1.19. The lowest BCUT2D eigenvalue weighted by molar-refractivity contribution is -0.156. The highest BCUT2D eigenvalue weighted by Gasteiger charge is 2.43. The molecule has 174 valence electrons. The van der Waals surface area contributed by atoms with E-state index in [0.717, 1.165) is 42.0 Å². The predicted octanol–water partition coefficient (Wildman–Crippen LogP) is 3.46. The van der Waals surface area contributed by atoms with E-state index in [-0.39, 0.29) is 11.7 Å². The van der Waals surface area contributed by atoms with Crippen molar-refractivity contribution in [1.82, 2.24) is 14.3 Å². The van der Waals surface area contributed by atoms with E-state index in [1.54, 1.807) is 16.2 Å². The van der Waals surface area contributed by atoms with Crippen LogP contribution in [-0.4, -0.2) is 33.0 Å². The number of rotatable bonds is 8. The fourth-order valence-corrected chi connectivity index (χ4v) is 4.41. The Labute approximate surface area is 194 Å². The third kappa shape index (κ3) is 4.72. The molecular weight excluding hydrogens is 418 g/mol. The largest absolute Gasteiger partial charge is 0.475 e. The summed E-state index contributed by atoms with van der Waals surface area (Å²) in [6.07, 6.45) is 2.94. The minimum absolute atomic E-state index is 0.0650. The fraction of sp³-hybridized carbons (Fsp3) is 0.423. The Morgan fingerprint density at radius 3 is 2.58 bits per heavy atom. The van der Waals surface area contributed by atoms with Crippen LogP contribution in [0.15, 0.2) is 47.3 Å². The third-order valence-electron chi connectivity index (χ3n) is 6.24. The van der Waals surface area contributed by atoms with E-state index in [2.05, 4.69) is 11.2 Å². The van der Waals surface area contributed by atoms with Crippen molar-refractivity contribution in [1.29, 1.82) is 0 Å². The molecule has 1 atom stereocenters. The molecule has 2 heterocycles. The van der Waals surface area contributed by atoms with Crippen LogP contribution in [0.5, 0.6) is 5.75 Å². The molecule has 0 aliphatic carbocycles. The quantitative estimate of drug-likeness (QED) is 0.493. The van der Waals surface area contributed by atoms with E-state index in [4.69, 9.17) is 9.47 Å². The highest BCUT2D eigenvalue weighted by atomic mass is 16.6. The molecule has 0 spiro atoms. The zero-order chi connectivity index (χ0) is 23.6. The van der Waals surface area contributed by atoms with Crippen LogP contribution in [-0.2, 0) is 41.9 Å². The lowest BCUT2D eigenvalue weighted by Crippen LogP contribution is -2.40. The number of benzene rings is 2. The van der Waals surface area contributed by atoms with Crippen molar-refractivity contribution < 1.29 is 14.3 Å². The Bertz CT molecular complexity index is 1210. The van der Waals surface area contributed by atoms with Crippen molar-refractivity contribution in [2.24, 2.45) is 0 Å². The molecule has 0 N–H and O–H groups in total. The minimum Gasteiger partial charge on any atom is -0.475 e. The van der Waals surface area contributed by atoms with E-state index < -0.39 is 5.60 Å². The Morgan fingerprint density at radius 1 is 1.15 bits per heavy atom. The molecule has 1 aliphatic heterocycles. The number of aromatic nitrogens is 3. The summed E-state index contributed by atoms with van der Waals surface area (Å²) in [5.41, 5.74) is 3.43. The van der Waals surface area contributed by atoms with Gasteiger partial charge in [0.25, 0.3) is 0 Å². The summed E-state index contributed by atoms with van der Waals surface area (Å²) >= 11 is 0. The van der Waals surface area contributed by atoms with Gasteiger partial charge in [0.1, 0.15) is 11.6 Å². The molecule has 7 heteroatoms. The van der Waals surface area contributed by atoms with E-state index in [0.29, 0.717) is 19.5 Å². The van der Waals surface area contributed by atoms with Gasteiger partial charge in [-0.1, -0.05) is 42.0 Å². The van der Waals surface area contributed by atoms with Gasteiger partial charge in [-0.25, -0.2) is 14.3 Å². The molecule has 0 bridgehead atoms. The summed E-state index contributed by atoms with van der Waals surface area (Å²) in [6.45, 7) is 6.86. The molecular formula is C26H31N3O4. The Kier molecular flexibility index (Phi) is 6.40. The van der Waals surface area contributed by atoms with Crippen molar-refractivity contribution >= 4 is 5.97 Å². The van der Waals surface area contributed by atoms with E-state index in [1.807, 2.05) is 50.2 Å². The number of fused-ring (bicyclic) bond motifs is 1. The number of hydrogen-bond acceptors (Lipinski definition) is 5. The summed E-state index contributed by atoms with van der Waals surface area (Å²) < 4.78 is 14.1. The second-order valence-electron chi connectivity index (χ2n) is 8.88. The number of esters is 1. The molecule has 0 fully saturated rings. The molecule has 7 nitrogen and oxygen atoms in total. The molecule has 1 unspecified atom stereocenters. The fourth-order valence-electron chi connectivity index (χ4n) is 4.41. The summed E-state index contributed by atoms with van der Waals surface area (Å²) in [6, 6.07) is 14.2. The van der Waals surface area contributed by atoms with Crippen LogP contribution in [0.25, 0.3) is 0 Å². The average Bonchev–Trinajstić information content (AvgIpc) is 3.30. The maximum Gasteiger partial charge on any atom is 0.350 e. The van der Waals surface area contributed by atoms with Gasteiger partial charge in [0.15, 0.2) is 0 Å². The Balaban J connectivity index is 1.41. The standard InChI is InChI=1S/C26H31N3O4/c1-5-28-23(27-29(25(28)31)17-20-11-9-18(2)10-12-20)8-6-7-19-13-14-22-21(15-19)16-26(3,33-22)24(30)32-4/h9-15H,5-8,16-17H2,1-4H3. The van der Waals surface area contributed by atoms with Gasteiger partial charge in [-0.3, -0.25) is 4.57 Å². The van der Waals surface area contributed by atoms with Crippen LogP contribution in [0, 0.1) is 6.92 Å². The van der Waals surface area contributed by atoms with E-state index >= 15 is 0 Å². The average molecular weight is 450 g/mol. The summed E-state index contributed by atoms with van der Waals surface area (Å²) in [7, 11) is 1.38. The SMILES string of the molecule is CCn1c(CCCc2ccc3c(c2)CC(C)(C(=O)OC)O3)nn(Cc2ccc(C)cc2)c1=O. The molecule has 2 aromatic carbocycles. The van der Waals surface area contributed by atoms with Crippen molar-refractivity contribution in [3.63, 3.8) is 0 Å². The lowest BCUT2D eigenvalue weighted by Gasteiger charge is -2.20. The molecule has 0 saturated heterocycles. The normalized spacial score (nSPS) is 17.0. The highest BCUT2D eigenvalue weighted by molar-refractivity contribution is 5.81. The van der Waals surface area contributed by atoms with Crippen molar-refractivity contribution in [3.05, 3.63) is 81.0 Å². The smallest absolute Gasteiger partial charge is 0.350 e. The number of nitrogens with zero attached hydrogens (tertiary/aromatic N) is 3. The topological polar surface area (TPSA) is 75.3 Å². The zero-order valence-corrected chi connectivity index (χ0v) is 19.8. The van der Waals surface area contributed by atoms with Crippen molar-refractivity contribution in [3.8, 4) is 5.75 Å². The van der Waals surface area contributed by atoms with Gasteiger partial charge in [0.2, 0.25) is 5.60 Å². The summed E-state index contributed by atoms with van der Waals surface area (Å²) in [4.78, 5) is 24.9. The lowest BCUT2D eigenvalue weighted by atomic mass is 9.97. The molecule has 1 aromatic heterocycles. The first-order chi connectivity index (χ1) is 15.8. The van der Waals surface area contributed by atoms with Gasteiger partial charge in [0.05, 0.1) is 13.7 Å². The first kappa shape index (κ1) is 22.8. The van der Waals surface area contributed by atoms with Gasteiger partial charge < -0.3 is 9.47 Å². The molecule has 0 radical (unpaired) electrons. The first-order valence-electron chi connectivity index (χ1n) is 11.4. The van der Waals surface area contributed by atoms with Gasteiger partial charge in [0, 0.05) is 19.4 Å². The van der Waals surface area contributed by atoms with Gasteiger partial charge in [-0.05, 0) is 56.4 Å². The first-order valence-corrected chi connectivity index (χ1v) is 11.4. The van der Waals surface area contributed by atoms with Crippen molar-refractivity contribution in [2.45, 2.75) is 65.1 Å².